The second kappa shape index (κ2) is 15.3. The van der Waals surface area contributed by atoms with Crippen molar-refractivity contribution in [2.45, 2.75) is 50.8 Å². The molecule has 3 saturated heterocycles. The van der Waals surface area contributed by atoms with Crippen LogP contribution in [0.2, 0.25) is 0 Å². The molecule has 1 aromatic heterocycles. The monoisotopic (exact) mass is 789 g/mol. The maximum atomic E-state index is 14.2. The summed E-state index contributed by atoms with van der Waals surface area (Å²) in [6, 6.07) is 20.0. The zero-order chi connectivity index (χ0) is 34.8. The molecule has 262 valence electrons. The van der Waals surface area contributed by atoms with Crippen LogP contribution >= 0.6 is 22.6 Å². The predicted octanol–water partition coefficient (Wildman–Crippen LogP) is 6.35. The van der Waals surface area contributed by atoms with Crippen molar-refractivity contribution in [1.29, 1.82) is 0 Å². The smallest absolute Gasteiger partial charge is 0.234 e. The van der Waals surface area contributed by atoms with Crippen LogP contribution in [0.4, 0.5) is 0 Å². The first kappa shape index (κ1) is 34.9. The van der Waals surface area contributed by atoms with Crippen molar-refractivity contribution in [1.82, 2.24) is 14.8 Å². The Kier molecular flexibility index (Phi) is 10.7. The Bertz CT molecular complexity index is 1770. The van der Waals surface area contributed by atoms with Gasteiger partial charge in [0.05, 0.1) is 47.5 Å². The number of carbonyl (C=O) groups is 2. The highest BCUT2D eigenvalue weighted by atomic mass is 127. The quantitative estimate of drug-likeness (QED) is 0.136. The molecule has 9 nitrogen and oxygen atoms in total. The molecule has 3 aliphatic heterocycles. The minimum Gasteiger partial charge on any atom is -0.504 e. The molecule has 4 atom stereocenters. The average Bonchev–Trinajstić information content (AvgIpc) is 3.67. The number of rotatable bonds is 11. The molecule has 2 aromatic carbocycles. The van der Waals surface area contributed by atoms with Gasteiger partial charge in [0, 0.05) is 44.9 Å². The van der Waals surface area contributed by atoms with E-state index in [9.17, 15) is 14.7 Å². The van der Waals surface area contributed by atoms with E-state index < -0.39 is 0 Å². The molecular formula is C40H44IN3O6. The lowest BCUT2D eigenvalue weighted by Gasteiger charge is -2.36. The van der Waals surface area contributed by atoms with Crippen molar-refractivity contribution in [3.05, 3.63) is 98.4 Å². The number of pyridine rings is 1. The third-order valence-corrected chi connectivity index (χ3v) is 11.6. The van der Waals surface area contributed by atoms with Crippen molar-refractivity contribution in [3.63, 3.8) is 0 Å². The van der Waals surface area contributed by atoms with Gasteiger partial charge in [0.25, 0.3) is 0 Å². The normalized spacial score (nSPS) is 24.5. The van der Waals surface area contributed by atoms with Gasteiger partial charge in [-0.15, -0.1) is 0 Å². The summed E-state index contributed by atoms with van der Waals surface area (Å²) < 4.78 is 18.3. The number of carbonyl (C=O) groups excluding carboxylic acids is 2. The Morgan fingerprint density at radius 2 is 1.82 bits per heavy atom. The molecule has 0 radical (unpaired) electrons. The summed E-state index contributed by atoms with van der Waals surface area (Å²) in [5.41, 5.74) is 6.32. The van der Waals surface area contributed by atoms with E-state index in [1.807, 2.05) is 36.4 Å². The summed E-state index contributed by atoms with van der Waals surface area (Å²) in [6.07, 6.45) is 7.18. The number of piperidine rings is 1. The van der Waals surface area contributed by atoms with Gasteiger partial charge >= 0.3 is 0 Å². The fourth-order valence-electron chi connectivity index (χ4n) is 8.49. The topological polar surface area (TPSA) is 101 Å². The van der Waals surface area contributed by atoms with Crippen LogP contribution in [-0.4, -0.2) is 84.4 Å². The van der Waals surface area contributed by atoms with Crippen molar-refractivity contribution in [2.75, 3.05) is 40.5 Å². The maximum absolute atomic E-state index is 14.2. The lowest BCUT2D eigenvalue weighted by Crippen LogP contribution is -2.47. The SMILES string of the molecule is COCC1=C2[C@@H](CC/C(=C/c3cc(I)c(O)c(OC)c3)c3ccccn3)OC[C@@H]2[C@@H]2C(=O)N(C3CCN(Cc4ccccc4)CC3)C(=O)[C@@H]2C1. The van der Waals surface area contributed by atoms with Gasteiger partial charge < -0.3 is 19.3 Å². The van der Waals surface area contributed by atoms with Crippen LogP contribution in [0.5, 0.6) is 11.5 Å². The van der Waals surface area contributed by atoms with Crippen molar-refractivity contribution in [3.8, 4) is 11.5 Å². The van der Waals surface area contributed by atoms with E-state index >= 15 is 0 Å². The lowest BCUT2D eigenvalue weighted by molar-refractivity contribution is -0.144. The molecular weight excluding hydrogens is 745 g/mol. The van der Waals surface area contributed by atoms with Gasteiger partial charge in [-0.05, 0) is 113 Å². The second-order valence-corrected chi connectivity index (χ2v) is 14.9. The molecule has 3 aromatic rings. The highest BCUT2D eigenvalue weighted by Crippen LogP contribution is 2.51. The van der Waals surface area contributed by atoms with Crippen LogP contribution < -0.4 is 4.74 Å². The molecule has 7 rings (SSSR count). The molecule has 4 heterocycles. The first-order valence-corrected chi connectivity index (χ1v) is 18.6. The van der Waals surface area contributed by atoms with E-state index in [2.05, 4.69) is 62.8 Å². The Morgan fingerprint density at radius 3 is 2.54 bits per heavy atom. The van der Waals surface area contributed by atoms with E-state index in [4.69, 9.17) is 14.2 Å². The number of hydrogen-bond donors (Lipinski definition) is 1. The largest absolute Gasteiger partial charge is 0.504 e. The number of hydrogen-bond acceptors (Lipinski definition) is 8. The maximum Gasteiger partial charge on any atom is 0.234 e. The van der Waals surface area contributed by atoms with Crippen LogP contribution in [0.3, 0.4) is 0 Å². The summed E-state index contributed by atoms with van der Waals surface area (Å²) in [6.45, 7) is 3.45. The number of benzene rings is 2. The van der Waals surface area contributed by atoms with Crippen LogP contribution in [0.1, 0.15) is 48.9 Å². The molecule has 1 aliphatic carbocycles. The van der Waals surface area contributed by atoms with Gasteiger partial charge in [-0.1, -0.05) is 36.4 Å². The van der Waals surface area contributed by atoms with Gasteiger partial charge in [-0.3, -0.25) is 24.4 Å². The Hall–Kier alpha value is -3.58. The number of likely N-dealkylation sites (tertiary alicyclic amines) is 2. The molecule has 10 heteroatoms. The van der Waals surface area contributed by atoms with Gasteiger partial charge in [0.2, 0.25) is 11.8 Å². The van der Waals surface area contributed by atoms with E-state index in [1.165, 1.54) is 5.56 Å². The predicted molar refractivity (Wildman–Crippen MR) is 199 cm³/mol. The standard InChI is InChI=1S/C40H44IN3O6/c1-48-23-28-21-30-37(40(47)44(39(30)46)29-13-16-43(17-14-29)22-25-8-4-3-5-9-25)31-24-50-34(36(28)31)12-11-27(33-10-6-7-15-42-33)18-26-19-32(41)38(45)35(20-26)49-2/h3-10,15,18-20,29-31,34,37,45H,11-14,16-17,21-24H2,1-2H3/b27-18-/t30-,31+,34-,37-/m1/s1. The summed E-state index contributed by atoms with van der Waals surface area (Å²) in [5.74, 6) is -0.375. The molecule has 2 amide bonds. The van der Waals surface area contributed by atoms with Gasteiger partial charge in [-0.2, -0.15) is 0 Å². The van der Waals surface area contributed by atoms with Crippen molar-refractivity contribution < 1.29 is 28.9 Å². The molecule has 1 N–H and O–H groups in total. The molecule has 0 unspecified atom stereocenters. The van der Waals surface area contributed by atoms with Crippen LogP contribution in [-0.2, 0) is 25.6 Å². The first-order chi connectivity index (χ1) is 24.4. The number of nitrogens with zero attached hydrogens (tertiary/aromatic N) is 3. The van der Waals surface area contributed by atoms with Gasteiger partial charge in [-0.25, -0.2) is 0 Å². The van der Waals surface area contributed by atoms with E-state index in [-0.39, 0.29) is 47.5 Å². The first-order valence-electron chi connectivity index (χ1n) is 17.5. The molecule has 50 heavy (non-hydrogen) atoms. The molecule has 3 fully saturated rings. The number of imide groups is 1. The lowest BCUT2D eigenvalue weighted by atomic mass is 9.69. The van der Waals surface area contributed by atoms with Crippen LogP contribution in [0, 0.1) is 21.3 Å². The fourth-order valence-corrected chi connectivity index (χ4v) is 9.11. The summed E-state index contributed by atoms with van der Waals surface area (Å²) >= 11 is 2.11. The van der Waals surface area contributed by atoms with Crippen LogP contribution in [0.25, 0.3) is 11.6 Å². The highest BCUT2D eigenvalue weighted by Gasteiger charge is 2.58. The highest BCUT2D eigenvalue weighted by molar-refractivity contribution is 14.1. The number of allylic oxidation sites excluding steroid dienone is 1. The van der Waals surface area contributed by atoms with E-state index in [0.717, 1.165) is 60.5 Å². The average molecular weight is 790 g/mol. The molecule has 0 saturated carbocycles. The Morgan fingerprint density at radius 1 is 1.04 bits per heavy atom. The second-order valence-electron chi connectivity index (χ2n) is 13.8. The van der Waals surface area contributed by atoms with E-state index in [1.54, 1.807) is 25.3 Å². The minimum atomic E-state index is -0.386. The number of amides is 2. The number of methoxy groups -OCH3 is 2. The summed E-state index contributed by atoms with van der Waals surface area (Å²) in [7, 11) is 3.23. The Labute approximate surface area is 307 Å². The summed E-state index contributed by atoms with van der Waals surface area (Å²) in [4.78, 5) is 37.0. The fraction of sp³-hybridized carbons (Fsp3) is 0.425. The Balaban J connectivity index is 1.08. The minimum absolute atomic E-state index is 0.0167. The zero-order valence-electron chi connectivity index (χ0n) is 28.6. The number of aromatic nitrogens is 1. The molecule has 0 bridgehead atoms. The van der Waals surface area contributed by atoms with Gasteiger partial charge in [0.15, 0.2) is 11.5 Å². The number of ether oxygens (including phenoxy) is 3. The molecule has 4 aliphatic rings. The van der Waals surface area contributed by atoms with E-state index in [0.29, 0.717) is 41.8 Å². The molecule has 0 spiro atoms. The zero-order valence-corrected chi connectivity index (χ0v) is 30.8. The van der Waals surface area contributed by atoms with Crippen LogP contribution in [0.15, 0.2) is 78.0 Å². The van der Waals surface area contributed by atoms with Crippen molar-refractivity contribution >= 4 is 46.1 Å². The number of halogens is 1. The van der Waals surface area contributed by atoms with Gasteiger partial charge in [0.1, 0.15) is 0 Å². The third-order valence-electron chi connectivity index (χ3n) is 10.8. The van der Waals surface area contributed by atoms with Crippen molar-refractivity contribution in [2.24, 2.45) is 17.8 Å². The number of aromatic hydroxyl groups is 1. The third kappa shape index (κ3) is 6.99. The number of fused-ring (bicyclic) bond motifs is 3. The number of phenolic OH excluding ortho intramolecular Hbond substituents is 1. The number of phenols is 1. The summed E-state index contributed by atoms with van der Waals surface area (Å²) in [5, 5.41) is 10.4.